The first-order valence-electron chi connectivity index (χ1n) is 8.39. The van der Waals surface area contributed by atoms with Crippen LogP contribution >= 0.6 is 11.6 Å². The number of sulfonamides is 1. The molecule has 0 saturated carbocycles. The minimum Gasteiger partial charge on any atom is -0.478 e. The molecule has 0 spiro atoms. The van der Waals surface area contributed by atoms with Crippen LogP contribution in [0.4, 0.5) is 5.69 Å². The second-order valence-electron chi connectivity index (χ2n) is 6.09. The van der Waals surface area contributed by atoms with E-state index in [9.17, 15) is 18.3 Å². The molecule has 7 nitrogen and oxygen atoms in total. The Kier molecular flexibility index (Phi) is 6.07. The predicted molar refractivity (Wildman–Crippen MR) is 110 cm³/mol. The number of carboxylic acids is 1. The number of benzene rings is 3. The minimum atomic E-state index is -4.23. The Hall–Kier alpha value is -3.07. The fourth-order valence-electron chi connectivity index (χ4n) is 2.64. The van der Waals surface area contributed by atoms with Gasteiger partial charge in [-0.15, -0.1) is 0 Å². The molecule has 0 aliphatic heterocycles. The molecular formula is C20H17ClN2O5S. The fraction of sp³-hybridized carbons (Fsp3) is 0.0500. The number of para-hydroxylation sites is 1. The lowest BCUT2D eigenvalue weighted by molar-refractivity contribution is 0.0697. The van der Waals surface area contributed by atoms with Crippen LogP contribution in [-0.2, 0) is 16.6 Å². The Morgan fingerprint density at radius 3 is 2.41 bits per heavy atom. The molecule has 0 heterocycles. The zero-order chi connectivity index (χ0) is 21.0. The number of halogens is 1. The summed E-state index contributed by atoms with van der Waals surface area (Å²) in [5.41, 5.74) is 0.738. The van der Waals surface area contributed by atoms with E-state index in [1.165, 1.54) is 6.07 Å². The van der Waals surface area contributed by atoms with Gasteiger partial charge in [0, 0.05) is 17.6 Å². The quantitative estimate of drug-likeness (QED) is 0.517. The average molecular weight is 433 g/mol. The fourth-order valence-corrected chi connectivity index (χ4v) is 3.52. The highest BCUT2D eigenvalue weighted by molar-refractivity contribution is 7.89. The van der Waals surface area contributed by atoms with Crippen LogP contribution < -0.4 is 15.2 Å². The molecule has 29 heavy (non-hydrogen) atoms. The Balaban J connectivity index is 2.04. The van der Waals surface area contributed by atoms with E-state index in [1.807, 2.05) is 6.07 Å². The van der Waals surface area contributed by atoms with Gasteiger partial charge in [0.1, 0.15) is 16.4 Å². The van der Waals surface area contributed by atoms with Gasteiger partial charge in [-0.25, -0.2) is 18.4 Å². The van der Waals surface area contributed by atoms with E-state index in [1.54, 1.807) is 48.5 Å². The van der Waals surface area contributed by atoms with E-state index in [2.05, 4.69) is 5.32 Å². The molecule has 0 aliphatic rings. The van der Waals surface area contributed by atoms with Crippen LogP contribution in [0, 0.1) is 0 Å². The van der Waals surface area contributed by atoms with Crippen LogP contribution in [0.15, 0.2) is 71.6 Å². The van der Waals surface area contributed by atoms with Gasteiger partial charge in [0.15, 0.2) is 0 Å². The molecule has 4 N–H and O–H groups in total. The molecule has 0 amide bonds. The Morgan fingerprint density at radius 2 is 1.79 bits per heavy atom. The van der Waals surface area contributed by atoms with Gasteiger partial charge in [0.25, 0.3) is 0 Å². The molecule has 0 aromatic heterocycles. The first-order valence-corrected chi connectivity index (χ1v) is 10.3. The number of nitrogens with two attached hydrogens (primary N) is 1. The molecule has 0 bridgehead atoms. The van der Waals surface area contributed by atoms with Crippen molar-refractivity contribution in [3.05, 3.63) is 82.9 Å². The second-order valence-corrected chi connectivity index (χ2v) is 8.06. The number of nitrogens with one attached hydrogen (secondary N) is 1. The summed E-state index contributed by atoms with van der Waals surface area (Å²) in [5, 5.41) is 18.3. The molecule has 0 fully saturated rings. The van der Waals surface area contributed by atoms with Crippen LogP contribution in [0.3, 0.4) is 0 Å². The standard InChI is InChI=1S/C20H17ClN2O5S/c21-14-6-4-5-13(9-14)12-23-17-11-18(28-15-7-2-1-3-8-15)19(29(22,26)27)10-16(17)20(24)25/h1-11,23H,12H2,(H,24,25)(H2,22,26,27). The summed E-state index contributed by atoms with van der Waals surface area (Å²) in [4.78, 5) is 11.3. The number of primary sulfonamides is 1. The molecule has 0 atom stereocenters. The highest BCUT2D eigenvalue weighted by Gasteiger charge is 2.22. The van der Waals surface area contributed by atoms with E-state index in [0.717, 1.165) is 11.6 Å². The van der Waals surface area contributed by atoms with Crippen LogP contribution in [0.1, 0.15) is 15.9 Å². The van der Waals surface area contributed by atoms with Crippen molar-refractivity contribution in [3.8, 4) is 11.5 Å². The third-order valence-corrected chi connectivity index (χ3v) is 5.13. The van der Waals surface area contributed by atoms with E-state index in [0.29, 0.717) is 10.8 Å². The molecule has 150 valence electrons. The van der Waals surface area contributed by atoms with E-state index in [4.69, 9.17) is 21.5 Å². The van der Waals surface area contributed by atoms with E-state index < -0.39 is 20.9 Å². The largest absolute Gasteiger partial charge is 0.478 e. The van der Waals surface area contributed by atoms with Gasteiger partial charge in [-0.2, -0.15) is 0 Å². The highest BCUT2D eigenvalue weighted by atomic mass is 35.5. The normalized spacial score (nSPS) is 11.1. The number of anilines is 1. The molecule has 3 rings (SSSR count). The van der Waals surface area contributed by atoms with E-state index >= 15 is 0 Å². The summed E-state index contributed by atoms with van der Waals surface area (Å²) in [6.45, 7) is 0.264. The molecule has 0 radical (unpaired) electrons. The summed E-state index contributed by atoms with van der Waals surface area (Å²) in [6.07, 6.45) is 0. The summed E-state index contributed by atoms with van der Waals surface area (Å²) >= 11 is 5.97. The van der Waals surface area contributed by atoms with Crippen LogP contribution in [-0.4, -0.2) is 19.5 Å². The zero-order valence-corrected chi connectivity index (χ0v) is 16.6. The van der Waals surface area contributed by atoms with Crippen molar-refractivity contribution >= 4 is 33.3 Å². The average Bonchev–Trinajstić information content (AvgIpc) is 2.66. The number of aromatic carboxylic acids is 1. The third kappa shape index (κ3) is 5.26. The van der Waals surface area contributed by atoms with Gasteiger partial charge in [-0.3, -0.25) is 0 Å². The van der Waals surface area contributed by atoms with Crippen LogP contribution in [0.5, 0.6) is 11.5 Å². The van der Waals surface area contributed by atoms with Crippen molar-refractivity contribution in [2.45, 2.75) is 11.4 Å². The van der Waals surface area contributed by atoms with E-state index in [-0.39, 0.29) is 23.5 Å². The van der Waals surface area contributed by atoms with Crippen molar-refractivity contribution in [3.63, 3.8) is 0 Å². The Bertz CT molecular complexity index is 1150. The van der Waals surface area contributed by atoms with Crippen molar-refractivity contribution in [1.82, 2.24) is 0 Å². The smallest absolute Gasteiger partial charge is 0.337 e. The topological polar surface area (TPSA) is 119 Å². The molecule has 0 saturated heterocycles. The lowest BCUT2D eigenvalue weighted by Crippen LogP contribution is -2.16. The Labute approximate surface area is 172 Å². The maximum atomic E-state index is 12.0. The summed E-state index contributed by atoms with van der Waals surface area (Å²) < 4.78 is 29.7. The first-order chi connectivity index (χ1) is 13.7. The molecule has 0 unspecified atom stereocenters. The molecular weight excluding hydrogens is 416 g/mol. The third-order valence-electron chi connectivity index (χ3n) is 3.96. The molecule has 3 aromatic carbocycles. The SMILES string of the molecule is NS(=O)(=O)c1cc(C(=O)O)c(NCc2cccc(Cl)c2)cc1Oc1ccccc1. The van der Waals surface area contributed by atoms with Crippen molar-refractivity contribution in [2.24, 2.45) is 5.14 Å². The highest BCUT2D eigenvalue weighted by Crippen LogP contribution is 2.34. The zero-order valence-electron chi connectivity index (χ0n) is 15.0. The first kappa shape index (κ1) is 20.7. The second kappa shape index (κ2) is 8.52. The van der Waals surface area contributed by atoms with Gasteiger partial charge in [0.05, 0.1) is 11.3 Å². The predicted octanol–water partition coefficient (Wildman–Crippen LogP) is 4.09. The number of ether oxygens (including phenoxy) is 1. The van der Waals surface area contributed by atoms with Gasteiger partial charge < -0.3 is 15.2 Å². The van der Waals surface area contributed by atoms with Gasteiger partial charge >= 0.3 is 5.97 Å². The van der Waals surface area contributed by atoms with Gasteiger partial charge in [-0.05, 0) is 35.9 Å². The maximum Gasteiger partial charge on any atom is 0.337 e. The number of carboxylic acid groups (broad SMARTS) is 1. The van der Waals surface area contributed by atoms with Crippen molar-refractivity contribution in [2.75, 3.05) is 5.32 Å². The number of rotatable bonds is 7. The van der Waals surface area contributed by atoms with Crippen molar-refractivity contribution < 1.29 is 23.1 Å². The molecule has 0 aliphatic carbocycles. The number of carbonyl (C=O) groups is 1. The summed E-state index contributed by atoms with van der Waals surface area (Å²) in [5.74, 6) is -1.02. The minimum absolute atomic E-state index is 0.0858. The van der Waals surface area contributed by atoms with Crippen LogP contribution in [0.25, 0.3) is 0 Å². The lowest BCUT2D eigenvalue weighted by Gasteiger charge is -2.16. The lowest BCUT2D eigenvalue weighted by atomic mass is 10.1. The maximum absolute atomic E-state index is 12.0. The van der Waals surface area contributed by atoms with Gasteiger partial charge in [-0.1, -0.05) is 41.9 Å². The molecule has 3 aromatic rings. The monoisotopic (exact) mass is 432 g/mol. The summed E-state index contributed by atoms with van der Waals surface area (Å²) in [7, 11) is -4.23. The number of hydrogen-bond acceptors (Lipinski definition) is 5. The van der Waals surface area contributed by atoms with Gasteiger partial charge in [0.2, 0.25) is 10.0 Å². The summed E-state index contributed by atoms with van der Waals surface area (Å²) in [6, 6.07) is 17.8. The van der Waals surface area contributed by atoms with Crippen molar-refractivity contribution in [1.29, 1.82) is 0 Å². The Morgan fingerprint density at radius 1 is 1.07 bits per heavy atom. The van der Waals surface area contributed by atoms with Crippen LogP contribution in [0.2, 0.25) is 5.02 Å². The number of hydrogen-bond donors (Lipinski definition) is 3. The molecule has 9 heteroatoms.